The molecule has 2 aromatic carbocycles. The van der Waals surface area contributed by atoms with Crippen molar-refractivity contribution in [1.29, 1.82) is 0 Å². The Morgan fingerprint density at radius 3 is 1.58 bits per heavy atom. The average molecular weight is 374 g/mol. The van der Waals surface area contributed by atoms with Crippen LogP contribution in [0.15, 0.2) is 72.8 Å². The lowest BCUT2D eigenvalue weighted by molar-refractivity contribution is -2.00. The lowest BCUT2D eigenvalue weighted by Crippen LogP contribution is -2.68. The number of nitrogens with zero attached hydrogens (tertiary/aromatic N) is 1. The van der Waals surface area contributed by atoms with Crippen LogP contribution in [0.5, 0.6) is 0 Å². The molecule has 3 rings (SSSR count). The molecule has 1 heterocycles. The van der Waals surface area contributed by atoms with Gasteiger partial charge in [-0.2, -0.15) is 4.57 Å². The molecule has 0 N–H and O–H groups in total. The number of halogens is 1. The van der Waals surface area contributed by atoms with Crippen LogP contribution in [0.1, 0.15) is 17.0 Å². The lowest BCUT2D eigenvalue weighted by Gasteiger charge is -2.17. The highest BCUT2D eigenvalue weighted by molar-refractivity contribution is 5.63. The van der Waals surface area contributed by atoms with Crippen molar-refractivity contribution in [2.45, 2.75) is 20.4 Å². The van der Waals surface area contributed by atoms with Crippen LogP contribution < -0.4 is 23.2 Å². The largest absolute Gasteiger partial charge is 0.222 e. The average Bonchev–Trinajstić information content (AvgIpc) is 2.58. The summed E-state index contributed by atoms with van der Waals surface area (Å²) in [5.41, 5.74) is 6.47. The van der Waals surface area contributed by atoms with Crippen LogP contribution in [0.25, 0.3) is 11.1 Å². The van der Waals surface area contributed by atoms with Crippen LogP contribution in [-0.4, -0.2) is 0 Å². The molecule has 0 bridgehead atoms. The van der Waals surface area contributed by atoms with Gasteiger partial charge in [0.15, 0.2) is 17.9 Å². The van der Waals surface area contributed by atoms with Gasteiger partial charge in [0.1, 0.15) is 0 Å². The van der Waals surface area contributed by atoms with Crippen molar-refractivity contribution in [3.8, 4) is 11.1 Å². The summed E-state index contributed by atoms with van der Waals surface area (Å²) in [4.78, 5) is 0. The van der Waals surface area contributed by atoms with E-state index in [9.17, 15) is 0 Å². The maximum absolute atomic E-state index is 8.49. The van der Waals surface area contributed by atoms with Gasteiger partial charge in [0.2, 0.25) is 0 Å². The molecule has 0 aliphatic carbocycles. The fraction of sp³-hybridized carbons (Fsp3) is 0.150. The topological polar surface area (TPSA) is 96.1 Å². The molecule has 0 saturated carbocycles. The summed E-state index contributed by atoms with van der Waals surface area (Å²) in [6.07, 6.45) is 0. The highest BCUT2D eigenvalue weighted by Gasteiger charge is 2.14. The van der Waals surface area contributed by atoms with Crippen LogP contribution in [0.4, 0.5) is 0 Å². The first kappa shape index (κ1) is 20.0. The van der Waals surface area contributed by atoms with E-state index < -0.39 is 10.2 Å². The van der Waals surface area contributed by atoms with Gasteiger partial charge in [-0.1, -0.05) is 60.7 Å². The van der Waals surface area contributed by atoms with Crippen LogP contribution in [-0.2, 0) is 6.54 Å². The van der Waals surface area contributed by atoms with Gasteiger partial charge in [-0.05, 0) is 11.1 Å². The van der Waals surface area contributed by atoms with E-state index in [0.29, 0.717) is 0 Å². The summed E-state index contributed by atoms with van der Waals surface area (Å²) in [6, 6.07) is 25.7. The summed E-state index contributed by atoms with van der Waals surface area (Å²) in [5, 5.41) is 0. The molecule has 3 aromatic rings. The first-order valence-electron chi connectivity index (χ1n) is 7.96. The molecule has 0 unspecified atom stereocenters. The zero-order valence-electron chi connectivity index (χ0n) is 14.6. The van der Waals surface area contributed by atoms with Crippen LogP contribution >= 0.6 is 0 Å². The first-order valence-corrected chi connectivity index (χ1v) is 9.19. The number of hydrogen-bond acceptors (Lipinski definition) is 4. The van der Waals surface area contributed by atoms with Crippen molar-refractivity contribution in [1.82, 2.24) is 0 Å². The molecule has 0 spiro atoms. The fourth-order valence-corrected chi connectivity index (χ4v) is 2.74. The molecular formula is C20H20ClNO4. The Morgan fingerprint density at radius 2 is 1.12 bits per heavy atom. The highest BCUT2D eigenvalue weighted by Crippen LogP contribution is 2.19. The van der Waals surface area contributed by atoms with E-state index in [2.05, 4.69) is 91.2 Å². The number of rotatable bonds is 3. The molecular weight excluding hydrogens is 354 g/mol. The number of aryl methyl sites for hydroxylation is 2. The van der Waals surface area contributed by atoms with Crippen molar-refractivity contribution >= 4 is 0 Å². The Kier molecular flexibility index (Phi) is 6.85. The van der Waals surface area contributed by atoms with Crippen molar-refractivity contribution in [3.63, 3.8) is 0 Å². The second kappa shape index (κ2) is 8.89. The molecule has 5 nitrogen and oxygen atoms in total. The predicted molar refractivity (Wildman–Crippen MR) is 87.1 cm³/mol. The van der Waals surface area contributed by atoms with Gasteiger partial charge < -0.3 is 0 Å². The Labute approximate surface area is 155 Å². The van der Waals surface area contributed by atoms with Gasteiger partial charge in [-0.15, -0.1) is 10.2 Å². The maximum Gasteiger partial charge on any atom is 0.179 e. The van der Waals surface area contributed by atoms with Gasteiger partial charge >= 0.3 is 0 Å². The van der Waals surface area contributed by atoms with E-state index in [1.54, 1.807) is 0 Å². The third kappa shape index (κ3) is 6.55. The minimum absolute atomic E-state index is 0.924. The van der Waals surface area contributed by atoms with E-state index in [0.717, 1.165) is 6.54 Å². The molecule has 1 aromatic heterocycles. The van der Waals surface area contributed by atoms with Gasteiger partial charge in [0.25, 0.3) is 0 Å². The third-order valence-electron chi connectivity index (χ3n) is 3.87. The molecule has 0 saturated heterocycles. The number of aromatic nitrogens is 1. The second-order valence-electron chi connectivity index (χ2n) is 5.84. The fourth-order valence-electron chi connectivity index (χ4n) is 2.74. The SMILES string of the molecule is Cc1cc(-c2ccccc2)cc(C)[n+]1Cc1ccccc1.[O-][Cl+3]([O-])([O-])[O-]. The molecule has 6 heteroatoms. The molecule has 0 aliphatic heterocycles. The monoisotopic (exact) mass is 373 g/mol. The van der Waals surface area contributed by atoms with E-state index in [-0.39, 0.29) is 0 Å². The summed E-state index contributed by atoms with van der Waals surface area (Å²) >= 11 is 0. The Hall–Kier alpha value is -2.28. The molecule has 0 atom stereocenters. The van der Waals surface area contributed by atoms with Crippen LogP contribution in [0, 0.1) is 24.1 Å². The maximum atomic E-state index is 8.49. The predicted octanol–water partition coefficient (Wildman–Crippen LogP) is -0.450. The smallest absolute Gasteiger partial charge is 0.179 e. The Bertz CT molecular complexity index is 804. The van der Waals surface area contributed by atoms with Crippen molar-refractivity contribution in [2.75, 3.05) is 0 Å². The number of hydrogen-bond donors (Lipinski definition) is 0. The quantitative estimate of drug-likeness (QED) is 0.581. The highest BCUT2D eigenvalue weighted by atomic mass is 35.7. The van der Waals surface area contributed by atoms with Gasteiger partial charge in [0.05, 0.1) is 0 Å². The van der Waals surface area contributed by atoms with Crippen molar-refractivity contribution in [2.24, 2.45) is 0 Å². The zero-order chi connectivity index (χ0) is 19.2. The van der Waals surface area contributed by atoms with Crippen molar-refractivity contribution in [3.05, 3.63) is 89.7 Å². The van der Waals surface area contributed by atoms with Gasteiger partial charge in [-0.3, -0.25) is 0 Å². The van der Waals surface area contributed by atoms with Crippen LogP contribution in [0.2, 0.25) is 0 Å². The summed E-state index contributed by atoms with van der Waals surface area (Å²) in [6.45, 7) is 5.29. The normalized spacial score (nSPS) is 10.8. The molecule has 0 amide bonds. The number of benzene rings is 2. The van der Waals surface area contributed by atoms with E-state index in [1.165, 1.54) is 28.1 Å². The summed E-state index contributed by atoms with van der Waals surface area (Å²) < 4.78 is 36.3. The molecule has 26 heavy (non-hydrogen) atoms. The second-order valence-corrected chi connectivity index (χ2v) is 6.60. The van der Waals surface area contributed by atoms with E-state index >= 15 is 0 Å². The Morgan fingerprint density at radius 1 is 0.692 bits per heavy atom. The third-order valence-corrected chi connectivity index (χ3v) is 3.87. The summed E-state index contributed by atoms with van der Waals surface area (Å²) in [7, 11) is -4.94. The first-order chi connectivity index (χ1) is 12.2. The minimum Gasteiger partial charge on any atom is -0.222 e. The molecule has 136 valence electrons. The van der Waals surface area contributed by atoms with Gasteiger partial charge in [-0.25, -0.2) is 18.6 Å². The molecule has 0 fully saturated rings. The van der Waals surface area contributed by atoms with E-state index in [1.807, 2.05) is 0 Å². The standard InChI is InChI=1S/C20H20N.ClHO4/c1-16-13-20(19-11-7-4-8-12-19)14-17(2)21(16)15-18-9-5-3-6-10-18;2-1(3,4)5/h3-14H,15H2,1-2H3;(H,2,3,4,5)/q+1;/p-1. The minimum atomic E-state index is -4.94. The lowest BCUT2D eigenvalue weighted by atomic mass is 10.0. The Balaban J connectivity index is 0.000000431. The molecule has 0 radical (unpaired) electrons. The van der Waals surface area contributed by atoms with Crippen LogP contribution in [0.3, 0.4) is 0 Å². The van der Waals surface area contributed by atoms with E-state index in [4.69, 9.17) is 18.6 Å². The van der Waals surface area contributed by atoms with Gasteiger partial charge in [0, 0.05) is 31.5 Å². The summed E-state index contributed by atoms with van der Waals surface area (Å²) in [5.74, 6) is 0. The molecule has 0 aliphatic rings. The number of pyridine rings is 1. The zero-order valence-corrected chi connectivity index (χ0v) is 15.3. The van der Waals surface area contributed by atoms with Crippen molar-refractivity contribution < 1.29 is 33.4 Å².